The van der Waals surface area contributed by atoms with E-state index in [2.05, 4.69) is 10.5 Å². The molecule has 1 aliphatic rings. The number of carbonyl (C=O) groups excluding carboxylic acids is 2. The van der Waals surface area contributed by atoms with Crippen molar-refractivity contribution in [1.29, 1.82) is 0 Å². The Morgan fingerprint density at radius 2 is 1.80 bits per heavy atom. The highest BCUT2D eigenvalue weighted by atomic mass is 19.4. The largest absolute Gasteiger partial charge is 0.417 e. The summed E-state index contributed by atoms with van der Waals surface area (Å²) in [7, 11) is 0. The van der Waals surface area contributed by atoms with Crippen LogP contribution >= 0.6 is 0 Å². The van der Waals surface area contributed by atoms with Crippen molar-refractivity contribution in [2.75, 3.05) is 26.2 Å². The van der Waals surface area contributed by atoms with Gasteiger partial charge < -0.3 is 14.2 Å². The molecular formula is C24H22F4N4O3. The number of benzene rings is 2. The van der Waals surface area contributed by atoms with Gasteiger partial charge in [-0.2, -0.15) is 13.2 Å². The summed E-state index contributed by atoms with van der Waals surface area (Å²) in [4.78, 5) is 27.4. The van der Waals surface area contributed by atoms with Gasteiger partial charge in [0.05, 0.1) is 16.8 Å². The zero-order chi connectivity index (χ0) is 25.0. The average molecular weight is 490 g/mol. The Morgan fingerprint density at radius 3 is 2.46 bits per heavy atom. The molecule has 1 aliphatic heterocycles. The number of halogens is 4. The predicted octanol–water partition coefficient (Wildman–Crippen LogP) is 3.57. The standard InChI is InChI=1S/C24H22F4N4O3/c25-17-6-7-20(24(26,27)28)19(12-17)23(34)32-10-8-31(9-11-32)22(15-33)29-14-18-13-21(35-30-18)16-4-2-1-3-5-16/h1-7,12-13,15,22,29H,8-11,14H2. The van der Waals surface area contributed by atoms with Crippen LogP contribution in [0.5, 0.6) is 0 Å². The lowest BCUT2D eigenvalue weighted by molar-refractivity contribution is -0.138. The summed E-state index contributed by atoms with van der Waals surface area (Å²) < 4.78 is 58.8. The van der Waals surface area contributed by atoms with Gasteiger partial charge in [0.15, 0.2) is 12.0 Å². The number of amides is 1. The third-order valence-electron chi connectivity index (χ3n) is 5.75. The van der Waals surface area contributed by atoms with Gasteiger partial charge in [0, 0.05) is 44.4 Å². The lowest BCUT2D eigenvalue weighted by Gasteiger charge is -2.37. The first-order chi connectivity index (χ1) is 16.8. The molecule has 35 heavy (non-hydrogen) atoms. The van der Waals surface area contributed by atoms with Crippen LogP contribution in [0.25, 0.3) is 11.3 Å². The topological polar surface area (TPSA) is 78.7 Å². The van der Waals surface area contributed by atoms with E-state index in [0.717, 1.165) is 5.56 Å². The van der Waals surface area contributed by atoms with E-state index < -0.39 is 35.2 Å². The normalized spacial score (nSPS) is 15.7. The summed E-state index contributed by atoms with van der Waals surface area (Å²) in [6.07, 6.45) is -4.76. The third-order valence-corrected chi connectivity index (χ3v) is 5.75. The van der Waals surface area contributed by atoms with Gasteiger partial charge in [0.2, 0.25) is 0 Å². The number of nitrogens with one attached hydrogen (secondary N) is 1. The lowest BCUT2D eigenvalue weighted by atomic mass is 10.0. The number of hydrogen-bond donors (Lipinski definition) is 1. The van der Waals surface area contributed by atoms with Crippen LogP contribution in [0, 0.1) is 5.82 Å². The first-order valence-corrected chi connectivity index (χ1v) is 10.9. The Balaban J connectivity index is 1.35. The molecule has 0 saturated carbocycles. The van der Waals surface area contributed by atoms with Crippen LogP contribution in [0.15, 0.2) is 59.1 Å². The maximum absolute atomic E-state index is 13.6. The van der Waals surface area contributed by atoms with Crippen LogP contribution in [0.3, 0.4) is 0 Å². The van der Waals surface area contributed by atoms with Crippen LogP contribution < -0.4 is 5.32 Å². The molecule has 184 valence electrons. The Morgan fingerprint density at radius 1 is 1.09 bits per heavy atom. The fraction of sp³-hybridized carbons (Fsp3) is 0.292. The summed E-state index contributed by atoms with van der Waals surface area (Å²) in [6.45, 7) is 0.901. The molecule has 2 heterocycles. The van der Waals surface area contributed by atoms with Crippen molar-refractivity contribution >= 4 is 12.2 Å². The average Bonchev–Trinajstić information content (AvgIpc) is 3.33. The van der Waals surface area contributed by atoms with Crippen molar-refractivity contribution in [2.24, 2.45) is 0 Å². The van der Waals surface area contributed by atoms with E-state index in [0.29, 0.717) is 35.9 Å². The fourth-order valence-electron chi connectivity index (χ4n) is 3.92. The van der Waals surface area contributed by atoms with Gasteiger partial charge in [0.1, 0.15) is 12.0 Å². The SMILES string of the molecule is O=CC(NCc1cc(-c2ccccc2)on1)N1CCN(C(=O)c2cc(F)ccc2C(F)(F)F)CC1. The fourth-order valence-corrected chi connectivity index (χ4v) is 3.92. The molecule has 7 nitrogen and oxygen atoms in total. The molecule has 4 rings (SSSR count). The number of aldehydes is 1. The summed E-state index contributed by atoms with van der Waals surface area (Å²) in [5, 5.41) is 7.07. The van der Waals surface area contributed by atoms with Crippen LogP contribution in [0.4, 0.5) is 17.6 Å². The molecule has 0 radical (unpaired) electrons. The molecule has 3 aromatic rings. The smallest absolute Gasteiger partial charge is 0.356 e. The number of hydrogen-bond acceptors (Lipinski definition) is 6. The molecule has 1 amide bonds. The molecular weight excluding hydrogens is 468 g/mol. The van der Waals surface area contributed by atoms with Crippen LogP contribution in [-0.4, -0.2) is 59.5 Å². The molecule has 1 N–H and O–H groups in total. The second-order valence-corrected chi connectivity index (χ2v) is 8.03. The molecule has 1 aromatic heterocycles. The Hall–Kier alpha value is -3.57. The van der Waals surface area contributed by atoms with E-state index in [1.165, 1.54) is 4.90 Å². The minimum Gasteiger partial charge on any atom is -0.356 e. The molecule has 1 unspecified atom stereocenters. The van der Waals surface area contributed by atoms with E-state index in [9.17, 15) is 27.2 Å². The Bertz CT molecular complexity index is 1180. The predicted molar refractivity (Wildman–Crippen MR) is 118 cm³/mol. The maximum Gasteiger partial charge on any atom is 0.417 e. The number of piperazine rings is 1. The van der Waals surface area contributed by atoms with Crippen molar-refractivity contribution in [3.63, 3.8) is 0 Å². The third kappa shape index (κ3) is 5.75. The van der Waals surface area contributed by atoms with Crippen molar-refractivity contribution in [2.45, 2.75) is 18.9 Å². The summed E-state index contributed by atoms with van der Waals surface area (Å²) >= 11 is 0. The molecule has 1 atom stereocenters. The second-order valence-electron chi connectivity index (χ2n) is 8.03. The monoisotopic (exact) mass is 490 g/mol. The van der Waals surface area contributed by atoms with Gasteiger partial charge in [-0.1, -0.05) is 35.5 Å². The van der Waals surface area contributed by atoms with Crippen molar-refractivity contribution in [1.82, 2.24) is 20.3 Å². The summed E-state index contributed by atoms with van der Waals surface area (Å²) in [5.41, 5.74) is -0.446. The van der Waals surface area contributed by atoms with Gasteiger partial charge >= 0.3 is 6.18 Å². The van der Waals surface area contributed by atoms with Gasteiger partial charge in [-0.25, -0.2) is 4.39 Å². The zero-order valence-corrected chi connectivity index (χ0v) is 18.5. The van der Waals surface area contributed by atoms with E-state index in [4.69, 9.17) is 4.52 Å². The molecule has 11 heteroatoms. The van der Waals surface area contributed by atoms with E-state index in [1.807, 2.05) is 30.3 Å². The summed E-state index contributed by atoms with van der Waals surface area (Å²) in [5.74, 6) is -1.23. The molecule has 0 spiro atoms. The molecule has 2 aromatic carbocycles. The number of carbonyl (C=O) groups is 2. The number of alkyl halides is 3. The quantitative estimate of drug-likeness (QED) is 0.403. The molecule has 1 saturated heterocycles. The first kappa shape index (κ1) is 24.6. The van der Waals surface area contributed by atoms with Crippen molar-refractivity contribution < 1.29 is 31.7 Å². The molecule has 0 aliphatic carbocycles. The first-order valence-electron chi connectivity index (χ1n) is 10.9. The zero-order valence-electron chi connectivity index (χ0n) is 18.5. The van der Waals surface area contributed by atoms with E-state index >= 15 is 0 Å². The molecule has 0 bridgehead atoms. The second kappa shape index (κ2) is 10.4. The van der Waals surface area contributed by atoms with Crippen LogP contribution in [0.2, 0.25) is 0 Å². The van der Waals surface area contributed by atoms with Gasteiger partial charge in [0.25, 0.3) is 5.91 Å². The van der Waals surface area contributed by atoms with Gasteiger partial charge in [-0.05, 0) is 18.2 Å². The Kier molecular flexibility index (Phi) is 7.27. The van der Waals surface area contributed by atoms with Crippen molar-refractivity contribution in [3.05, 3.63) is 77.2 Å². The Labute approximate surface area is 198 Å². The van der Waals surface area contributed by atoms with E-state index in [1.54, 1.807) is 11.0 Å². The van der Waals surface area contributed by atoms with Gasteiger partial charge in [-0.15, -0.1) is 0 Å². The van der Waals surface area contributed by atoms with Crippen molar-refractivity contribution in [3.8, 4) is 11.3 Å². The van der Waals surface area contributed by atoms with Crippen LogP contribution in [0.1, 0.15) is 21.6 Å². The van der Waals surface area contributed by atoms with E-state index in [-0.39, 0.29) is 32.7 Å². The number of rotatable bonds is 7. The minimum atomic E-state index is -4.78. The van der Waals surface area contributed by atoms with Gasteiger partial charge in [-0.3, -0.25) is 15.0 Å². The molecule has 1 fully saturated rings. The highest BCUT2D eigenvalue weighted by Gasteiger charge is 2.37. The number of aromatic nitrogens is 1. The lowest BCUT2D eigenvalue weighted by Crippen LogP contribution is -2.56. The van der Waals surface area contributed by atoms with Crippen LogP contribution in [-0.2, 0) is 17.5 Å². The maximum atomic E-state index is 13.6. The highest BCUT2D eigenvalue weighted by Crippen LogP contribution is 2.33. The summed E-state index contributed by atoms with van der Waals surface area (Å²) in [6, 6.07) is 13.0. The minimum absolute atomic E-state index is 0.0841. The number of nitrogens with zero attached hydrogens (tertiary/aromatic N) is 3. The highest BCUT2D eigenvalue weighted by molar-refractivity contribution is 5.96.